The van der Waals surface area contributed by atoms with Gasteiger partial charge in [-0.05, 0) is 31.2 Å². The fourth-order valence-corrected chi connectivity index (χ4v) is 3.15. The number of nitrogens with zero attached hydrogens (tertiary/aromatic N) is 1. The van der Waals surface area contributed by atoms with E-state index in [1.807, 2.05) is 30.3 Å². The van der Waals surface area contributed by atoms with Crippen molar-refractivity contribution >= 4 is 11.9 Å². The summed E-state index contributed by atoms with van der Waals surface area (Å²) in [5.74, 6) is -0.826. The van der Waals surface area contributed by atoms with Crippen LogP contribution < -0.4 is 0 Å². The van der Waals surface area contributed by atoms with Crippen molar-refractivity contribution in [1.29, 1.82) is 0 Å². The molecule has 2 rings (SSSR count). The second-order valence-corrected chi connectivity index (χ2v) is 6.04. The highest BCUT2D eigenvalue weighted by molar-refractivity contribution is 5.86. The van der Waals surface area contributed by atoms with Crippen LogP contribution in [0.5, 0.6) is 0 Å². The largest absolute Gasteiger partial charge is 0.480 e. The number of aliphatic carboxylic acids is 1. The number of likely N-dealkylation sites (tertiary alicyclic amines) is 1. The number of carbonyl (C=O) groups is 2. The average Bonchev–Trinajstić information content (AvgIpc) is 2.87. The number of carboxylic acids is 1. The van der Waals surface area contributed by atoms with Gasteiger partial charge in [0.05, 0.1) is 0 Å². The van der Waals surface area contributed by atoms with Gasteiger partial charge in [-0.1, -0.05) is 50.1 Å². The van der Waals surface area contributed by atoms with Crippen molar-refractivity contribution in [2.75, 3.05) is 6.54 Å². The summed E-state index contributed by atoms with van der Waals surface area (Å²) < 4.78 is 0. The predicted molar refractivity (Wildman–Crippen MR) is 85.5 cm³/mol. The number of benzene rings is 1. The van der Waals surface area contributed by atoms with E-state index in [9.17, 15) is 14.7 Å². The van der Waals surface area contributed by atoms with Crippen LogP contribution in [-0.4, -0.2) is 34.5 Å². The van der Waals surface area contributed by atoms with Crippen LogP contribution in [0, 0.1) is 5.92 Å². The Balaban J connectivity index is 1.96. The van der Waals surface area contributed by atoms with Gasteiger partial charge in [0.2, 0.25) is 5.91 Å². The molecular weight excluding hydrogens is 278 g/mol. The fraction of sp³-hybridized carbons (Fsp3) is 0.556. The molecule has 1 saturated heterocycles. The average molecular weight is 303 g/mol. The lowest BCUT2D eigenvalue weighted by atomic mass is 10.0. The number of hydrogen-bond acceptors (Lipinski definition) is 2. The molecule has 0 bridgehead atoms. The molecule has 2 unspecified atom stereocenters. The second kappa shape index (κ2) is 7.97. The van der Waals surface area contributed by atoms with Gasteiger partial charge >= 0.3 is 5.97 Å². The highest BCUT2D eigenvalue weighted by atomic mass is 16.4. The summed E-state index contributed by atoms with van der Waals surface area (Å²) in [6.45, 7) is 2.69. The van der Waals surface area contributed by atoms with Crippen molar-refractivity contribution in [3.05, 3.63) is 35.9 Å². The fourth-order valence-electron chi connectivity index (χ4n) is 3.15. The molecule has 1 aromatic carbocycles. The van der Waals surface area contributed by atoms with Crippen LogP contribution >= 0.6 is 0 Å². The lowest BCUT2D eigenvalue weighted by Crippen LogP contribution is -2.43. The molecule has 0 aromatic heterocycles. The van der Waals surface area contributed by atoms with Crippen LogP contribution in [0.3, 0.4) is 0 Å². The topological polar surface area (TPSA) is 57.6 Å². The molecule has 0 radical (unpaired) electrons. The van der Waals surface area contributed by atoms with E-state index >= 15 is 0 Å². The number of carboxylic acid groups (broad SMARTS) is 1. The van der Waals surface area contributed by atoms with Crippen LogP contribution in [-0.2, 0) is 16.0 Å². The summed E-state index contributed by atoms with van der Waals surface area (Å²) in [4.78, 5) is 25.6. The van der Waals surface area contributed by atoms with Gasteiger partial charge in [-0.25, -0.2) is 4.79 Å². The van der Waals surface area contributed by atoms with Gasteiger partial charge in [0.15, 0.2) is 0 Å². The smallest absolute Gasteiger partial charge is 0.326 e. The summed E-state index contributed by atoms with van der Waals surface area (Å²) >= 11 is 0. The molecule has 2 atom stereocenters. The molecule has 0 saturated carbocycles. The Labute approximate surface area is 132 Å². The lowest BCUT2D eigenvalue weighted by Gasteiger charge is -2.25. The normalized spacial score (nSPS) is 19.4. The molecule has 0 aliphatic carbocycles. The maximum Gasteiger partial charge on any atom is 0.326 e. The highest BCUT2D eigenvalue weighted by Gasteiger charge is 2.38. The van der Waals surface area contributed by atoms with E-state index in [1.54, 1.807) is 4.90 Å². The van der Waals surface area contributed by atoms with Crippen molar-refractivity contribution in [1.82, 2.24) is 4.90 Å². The first kappa shape index (κ1) is 16.5. The molecule has 1 fully saturated rings. The Morgan fingerprint density at radius 1 is 1.36 bits per heavy atom. The molecule has 4 nitrogen and oxygen atoms in total. The second-order valence-electron chi connectivity index (χ2n) is 6.04. The van der Waals surface area contributed by atoms with Crippen molar-refractivity contribution in [2.24, 2.45) is 5.92 Å². The van der Waals surface area contributed by atoms with Gasteiger partial charge in [0.1, 0.15) is 6.04 Å². The molecule has 1 aromatic rings. The summed E-state index contributed by atoms with van der Waals surface area (Å²) in [5.41, 5.74) is 1.11. The van der Waals surface area contributed by atoms with E-state index in [0.717, 1.165) is 31.2 Å². The summed E-state index contributed by atoms with van der Waals surface area (Å²) in [6.07, 6.45) is 4.95. The maximum absolute atomic E-state index is 12.4. The van der Waals surface area contributed by atoms with E-state index < -0.39 is 12.0 Å². The Bertz CT molecular complexity index is 500. The molecular formula is C18H25NO3. The molecule has 1 N–H and O–H groups in total. The molecule has 22 heavy (non-hydrogen) atoms. The van der Waals surface area contributed by atoms with Crippen molar-refractivity contribution in [2.45, 2.75) is 51.5 Å². The Morgan fingerprint density at radius 3 is 2.73 bits per heavy atom. The van der Waals surface area contributed by atoms with Crippen molar-refractivity contribution in [3.63, 3.8) is 0 Å². The predicted octanol–water partition coefficient (Wildman–Crippen LogP) is 3.11. The number of hydrogen-bond donors (Lipinski definition) is 1. The minimum Gasteiger partial charge on any atom is -0.480 e. The van der Waals surface area contributed by atoms with Gasteiger partial charge in [-0.2, -0.15) is 0 Å². The Hall–Kier alpha value is -1.84. The third-order valence-corrected chi connectivity index (χ3v) is 4.47. The summed E-state index contributed by atoms with van der Waals surface area (Å²) in [6, 6.07) is 9.14. The molecule has 1 amide bonds. The lowest BCUT2D eigenvalue weighted by molar-refractivity contribution is -0.149. The van der Waals surface area contributed by atoms with E-state index in [0.29, 0.717) is 19.4 Å². The first-order chi connectivity index (χ1) is 10.6. The van der Waals surface area contributed by atoms with E-state index in [2.05, 4.69) is 6.92 Å². The number of aryl methyl sites for hydroxylation is 1. The zero-order valence-electron chi connectivity index (χ0n) is 13.2. The van der Waals surface area contributed by atoms with E-state index in [1.165, 1.54) is 0 Å². The highest BCUT2D eigenvalue weighted by Crippen LogP contribution is 2.26. The Morgan fingerprint density at radius 2 is 2.09 bits per heavy atom. The number of rotatable bonds is 8. The van der Waals surface area contributed by atoms with Crippen molar-refractivity contribution in [3.8, 4) is 0 Å². The van der Waals surface area contributed by atoms with Gasteiger partial charge in [-0.3, -0.25) is 4.79 Å². The molecule has 4 heteroatoms. The molecule has 1 aliphatic rings. The van der Waals surface area contributed by atoms with Crippen LogP contribution in [0.2, 0.25) is 0 Å². The Kier molecular flexibility index (Phi) is 5.99. The maximum atomic E-state index is 12.4. The van der Waals surface area contributed by atoms with Crippen LogP contribution in [0.25, 0.3) is 0 Å². The monoisotopic (exact) mass is 303 g/mol. The SMILES string of the molecule is CCCCC1CCN(C(CCc2ccccc2)C(=O)O)C1=O. The molecule has 1 heterocycles. The van der Waals surface area contributed by atoms with E-state index in [4.69, 9.17) is 0 Å². The van der Waals surface area contributed by atoms with Gasteiger partial charge < -0.3 is 10.0 Å². The minimum atomic E-state index is -0.888. The van der Waals surface area contributed by atoms with Crippen molar-refractivity contribution < 1.29 is 14.7 Å². The molecule has 1 aliphatic heterocycles. The molecule has 120 valence electrons. The summed E-state index contributed by atoms with van der Waals surface area (Å²) in [5, 5.41) is 9.50. The van der Waals surface area contributed by atoms with Crippen LogP contribution in [0.4, 0.5) is 0 Å². The zero-order valence-corrected chi connectivity index (χ0v) is 13.2. The third kappa shape index (κ3) is 4.09. The zero-order chi connectivity index (χ0) is 15.9. The number of carbonyl (C=O) groups excluding carboxylic acids is 1. The minimum absolute atomic E-state index is 0.0264. The van der Waals surface area contributed by atoms with Crippen LogP contribution in [0.1, 0.15) is 44.6 Å². The standard InChI is InChI=1S/C18H25NO3/c1-2-3-9-15-12-13-19(17(15)20)16(18(21)22)11-10-14-7-5-4-6-8-14/h4-8,15-16H,2-3,9-13H2,1H3,(H,21,22). The van der Waals surface area contributed by atoms with Gasteiger partial charge in [-0.15, -0.1) is 0 Å². The molecule has 0 spiro atoms. The third-order valence-electron chi connectivity index (χ3n) is 4.47. The van der Waals surface area contributed by atoms with Gasteiger partial charge in [0.25, 0.3) is 0 Å². The first-order valence-electron chi connectivity index (χ1n) is 8.20. The number of unbranched alkanes of at least 4 members (excludes halogenated alkanes) is 1. The number of amides is 1. The van der Waals surface area contributed by atoms with Gasteiger partial charge in [0, 0.05) is 12.5 Å². The van der Waals surface area contributed by atoms with Crippen LogP contribution in [0.15, 0.2) is 30.3 Å². The van der Waals surface area contributed by atoms with E-state index in [-0.39, 0.29) is 11.8 Å². The quantitative estimate of drug-likeness (QED) is 0.803. The summed E-state index contributed by atoms with van der Waals surface area (Å²) in [7, 11) is 0. The first-order valence-corrected chi connectivity index (χ1v) is 8.20.